The molecule has 2 N–H and O–H groups in total. The van der Waals surface area contributed by atoms with Gasteiger partial charge in [-0.15, -0.1) is 4.68 Å². The van der Waals surface area contributed by atoms with Gasteiger partial charge < -0.3 is 10.1 Å². The Morgan fingerprint density at radius 2 is 1.95 bits per heavy atom. The number of carbonyl (C=O) groups is 2. The van der Waals surface area contributed by atoms with E-state index in [-0.39, 0.29) is 4.90 Å². The summed E-state index contributed by atoms with van der Waals surface area (Å²) in [6.45, 7) is 8.11. The molecule has 11 nitrogen and oxygen atoms in total. The number of nitrogens with zero attached hydrogens (tertiary/aromatic N) is 4. The molecule has 43 heavy (non-hydrogen) atoms. The van der Waals surface area contributed by atoms with E-state index in [0.717, 1.165) is 66.5 Å². The van der Waals surface area contributed by atoms with Crippen LogP contribution in [0.4, 0.5) is 15.3 Å². The molecular weight excluding hydrogens is 568 g/mol. The largest absolute Gasteiger partial charge is 0.443 e. The van der Waals surface area contributed by atoms with E-state index in [0.29, 0.717) is 22.6 Å². The minimum Gasteiger partial charge on any atom is -0.443 e. The van der Waals surface area contributed by atoms with E-state index in [1.165, 1.54) is 10.8 Å². The average Bonchev–Trinajstić information content (AvgIpc) is 3.26. The van der Waals surface area contributed by atoms with E-state index in [2.05, 4.69) is 21.1 Å². The molecule has 1 saturated carbocycles. The number of amides is 2. The number of benzene rings is 1. The van der Waals surface area contributed by atoms with Crippen LogP contribution in [0.5, 0.6) is 0 Å². The van der Waals surface area contributed by atoms with Gasteiger partial charge in [-0.25, -0.2) is 32.3 Å². The SMILES string of the molecule is Cc1cc2c(c(NC(=O)NS(=O)(=O)c3cn(CC4CC4)[n+](C)c3)c1-c1ccnc3c1ccn3C(=O)OC(C)(C)C)CCC2. The standard InChI is InChI=1S/C31H36N6O5S/c1-19-15-21-7-6-8-23(21)27(33-29(38)34-43(40,41)22-17-35(5)36(18-22)16-20-9-10-20)26(19)24-11-13-32-28-25(24)12-14-37(28)30(39)42-31(2,3)4/h11-15,17-18,20H,6-10,16H2,1-5H3,(H-,32,33,34,38)/p+1. The van der Waals surface area contributed by atoms with Crippen molar-refractivity contribution in [3.63, 3.8) is 0 Å². The fourth-order valence-corrected chi connectivity index (χ4v) is 6.79. The molecule has 2 aliphatic rings. The first-order chi connectivity index (χ1) is 20.3. The Kier molecular flexibility index (Phi) is 7.07. The van der Waals surface area contributed by atoms with Crippen molar-refractivity contribution in [2.45, 2.75) is 76.8 Å². The zero-order valence-electron chi connectivity index (χ0n) is 25.1. The third-order valence-electron chi connectivity index (χ3n) is 7.96. The Balaban J connectivity index is 1.35. The van der Waals surface area contributed by atoms with E-state index in [1.54, 1.807) is 57.2 Å². The summed E-state index contributed by atoms with van der Waals surface area (Å²) in [6.07, 6.45) is 10.6. The van der Waals surface area contributed by atoms with Crippen LogP contribution < -0.4 is 14.7 Å². The van der Waals surface area contributed by atoms with Gasteiger partial charge in [0.1, 0.15) is 11.2 Å². The monoisotopic (exact) mass is 605 g/mol. The Bertz CT molecular complexity index is 1880. The molecule has 2 amide bonds. The van der Waals surface area contributed by atoms with E-state index in [9.17, 15) is 18.0 Å². The molecule has 0 radical (unpaired) electrons. The van der Waals surface area contributed by atoms with Crippen molar-refractivity contribution in [3.8, 4) is 11.1 Å². The fraction of sp³-hybridized carbons (Fsp3) is 0.419. The maximum absolute atomic E-state index is 13.4. The van der Waals surface area contributed by atoms with Crippen molar-refractivity contribution >= 4 is 38.9 Å². The van der Waals surface area contributed by atoms with Gasteiger partial charge in [0.15, 0.2) is 11.9 Å². The van der Waals surface area contributed by atoms with Gasteiger partial charge in [0.2, 0.25) is 6.20 Å². The predicted octanol–water partition coefficient (Wildman–Crippen LogP) is 4.83. The van der Waals surface area contributed by atoms with E-state index in [1.807, 2.05) is 17.7 Å². The highest BCUT2D eigenvalue weighted by Gasteiger charge is 2.30. The van der Waals surface area contributed by atoms with E-state index < -0.39 is 27.7 Å². The van der Waals surface area contributed by atoms with Crippen LogP contribution in [0.2, 0.25) is 0 Å². The number of sulfonamides is 1. The molecule has 226 valence electrons. The predicted molar refractivity (Wildman–Crippen MR) is 161 cm³/mol. The molecule has 0 unspecified atom stereocenters. The van der Waals surface area contributed by atoms with Crippen LogP contribution in [0.15, 0.2) is 47.9 Å². The third kappa shape index (κ3) is 5.75. The van der Waals surface area contributed by atoms with Crippen molar-refractivity contribution < 1.29 is 27.4 Å². The van der Waals surface area contributed by atoms with Crippen LogP contribution in [-0.4, -0.2) is 40.4 Å². The Hall–Kier alpha value is -4.19. The number of carbonyl (C=O) groups excluding carboxylic acids is 2. The van der Waals surface area contributed by atoms with Crippen molar-refractivity contribution in [1.82, 2.24) is 19.0 Å². The summed E-state index contributed by atoms with van der Waals surface area (Å²) in [5.41, 5.74) is 4.85. The molecule has 2 aliphatic carbocycles. The number of fused-ring (bicyclic) bond motifs is 2. The van der Waals surface area contributed by atoms with Crippen molar-refractivity contribution in [2.75, 3.05) is 5.32 Å². The molecule has 0 aliphatic heterocycles. The van der Waals surface area contributed by atoms with Crippen LogP contribution in [0.25, 0.3) is 22.2 Å². The van der Waals surface area contributed by atoms with Crippen LogP contribution in [-0.2, 0) is 41.2 Å². The number of aromatic nitrogens is 4. The molecule has 4 aromatic rings. The van der Waals surface area contributed by atoms with Gasteiger partial charge in [0, 0.05) is 23.3 Å². The first-order valence-corrected chi connectivity index (χ1v) is 16.0. The fourth-order valence-electron chi connectivity index (χ4n) is 5.83. The zero-order valence-corrected chi connectivity index (χ0v) is 25.9. The summed E-state index contributed by atoms with van der Waals surface area (Å²) in [4.78, 5) is 30.8. The Morgan fingerprint density at radius 3 is 2.67 bits per heavy atom. The highest BCUT2D eigenvalue weighted by Crippen LogP contribution is 2.42. The topological polar surface area (TPSA) is 128 Å². The second kappa shape index (κ2) is 10.5. The van der Waals surface area contributed by atoms with Gasteiger partial charge in [0.05, 0.1) is 18.4 Å². The quantitative estimate of drug-likeness (QED) is 0.303. The van der Waals surface area contributed by atoms with Crippen molar-refractivity contribution in [1.29, 1.82) is 0 Å². The zero-order chi connectivity index (χ0) is 30.7. The molecule has 0 bridgehead atoms. The number of urea groups is 1. The lowest BCUT2D eigenvalue weighted by Gasteiger charge is -2.20. The highest BCUT2D eigenvalue weighted by atomic mass is 32.2. The number of rotatable bonds is 6. The molecule has 1 aromatic carbocycles. The van der Waals surface area contributed by atoms with Crippen molar-refractivity contribution in [3.05, 3.63) is 59.7 Å². The van der Waals surface area contributed by atoms with Gasteiger partial charge in [-0.1, -0.05) is 6.07 Å². The molecular formula is C31H37N6O5S+. The summed E-state index contributed by atoms with van der Waals surface area (Å²) < 4.78 is 39.2. The third-order valence-corrected chi connectivity index (χ3v) is 9.24. The van der Waals surface area contributed by atoms with Gasteiger partial charge >= 0.3 is 12.1 Å². The minimum absolute atomic E-state index is 0.0276. The lowest BCUT2D eigenvalue weighted by Crippen LogP contribution is -2.38. The maximum Gasteiger partial charge on any atom is 0.420 e. The average molecular weight is 606 g/mol. The molecule has 12 heteroatoms. The summed E-state index contributed by atoms with van der Waals surface area (Å²) in [6, 6.07) is 4.93. The first kappa shape index (κ1) is 28.9. The smallest absolute Gasteiger partial charge is 0.420 e. The summed E-state index contributed by atoms with van der Waals surface area (Å²) in [5, 5.41) is 3.61. The second-order valence-electron chi connectivity index (χ2n) is 12.6. The van der Waals surface area contributed by atoms with Crippen LogP contribution in [0.1, 0.15) is 56.7 Å². The summed E-state index contributed by atoms with van der Waals surface area (Å²) >= 11 is 0. The Labute approximate surface area is 250 Å². The number of nitrogens with one attached hydrogen (secondary N) is 2. The summed E-state index contributed by atoms with van der Waals surface area (Å²) in [5.74, 6) is 0.563. The molecule has 0 atom stereocenters. The molecule has 0 saturated heterocycles. The number of hydrogen-bond donors (Lipinski definition) is 2. The molecule has 3 aromatic heterocycles. The number of pyridine rings is 1. The molecule has 3 heterocycles. The first-order valence-electron chi connectivity index (χ1n) is 14.6. The van der Waals surface area contributed by atoms with Crippen LogP contribution in [0, 0.1) is 12.8 Å². The Morgan fingerprint density at radius 1 is 1.19 bits per heavy atom. The number of aryl methyl sites for hydroxylation is 3. The van der Waals surface area contributed by atoms with Crippen LogP contribution in [0.3, 0.4) is 0 Å². The van der Waals surface area contributed by atoms with Gasteiger partial charge in [-0.2, -0.15) is 4.68 Å². The molecule has 0 spiro atoms. The number of hydrogen-bond acceptors (Lipinski definition) is 6. The normalized spacial score (nSPS) is 15.0. The van der Waals surface area contributed by atoms with E-state index >= 15 is 0 Å². The maximum atomic E-state index is 13.4. The van der Waals surface area contributed by atoms with E-state index in [4.69, 9.17) is 4.74 Å². The minimum atomic E-state index is -4.12. The second-order valence-corrected chi connectivity index (χ2v) is 14.2. The summed E-state index contributed by atoms with van der Waals surface area (Å²) in [7, 11) is -2.34. The lowest BCUT2D eigenvalue weighted by atomic mass is 9.92. The number of ether oxygens (including phenoxy) is 1. The van der Waals surface area contributed by atoms with Crippen molar-refractivity contribution in [2.24, 2.45) is 13.0 Å². The lowest BCUT2D eigenvalue weighted by molar-refractivity contribution is -0.754. The molecule has 1 fully saturated rings. The molecule has 6 rings (SSSR count). The van der Waals surface area contributed by atoms with Crippen LogP contribution >= 0.6 is 0 Å². The van der Waals surface area contributed by atoms with Gasteiger partial charge in [-0.3, -0.25) is 0 Å². The number of anilines is 1. The highest BCUT2D eigenvalue weighted by molar-refractivity contribution is 7.90. The van der Waals surface area contributed by atoms with Gasteiger partial charge in [0.25, 0.3) is 10.0 Å². The van der Waals surface area contributed by atoms with Gasteiger partial charge in [-0.05, 0) is 100 Å².